The van der Waals surface area contributed by atoms with E-state index in [0.29, 0.717) is 12.0 Å². The van der Waals surface area contributed by atoms with Gasteiger partial charge < -0.3 is 10.5 Å². The molecule has 0 amide bonds. The SMILES string of the molecule is COc1ccc(C)cc1CC1CCC1N. The maximum atomic E-state index is 5.96. The van der Waals surface area contributed by atoms with Gasteiger partial charge in [0.05, 0.1) is 7.11 Å². The molecule has 0 aliphatic heterocycles. The van der Waals surface area contributed by atoms with E-state index in [9.17, 15) is 0 Å². The van der Waals surface area contributed by atoms with Crippen LogP contribution >= 0.6 is 0 Å². The van der Waals surface area contributed by atoms with Crippen LogP contribution in [0, 0.1) is 12.8 Å². The second-order valence-electron chi connectivity index (χ2n) is 4.52. The fraction of sp³-hybridized carbons (Fsp3) is 0.538. The summed E-state index contributed by atoms with van der Waals surface area (Å²) in [4.78, 5) is 0. The molecule has 82 valence electrons. The molecule has 0 aromatic heterocycles. The second-order valence-corrected chi connectivity index (χ2v) is 4.52. The van der Waals surface area contributed by atoms with Crippen LogP contribution in [0.4, 0.5) is 0 Å². The second kappa shape index (κ2) is 4.23. The van der Waals surface area contributed by atoms with Crippen molar-refractivity contribution in [1.82, 2.24) is 0 Å². The average Bonchev–Trinajstić information content (AvgIpc) is 2.24. The third-order valence-electron chi connectivity index (χ3n) is 3.39. The monoisotopic (exact) mass is 205 g/mol. The van der Waals surface area contributed by atoms with Crippen molar-refractivity contribution in [2.24, 2.45) is 11.7 Å². The predicted molar refractivity (Wildman–Crippen MR) is 62.1 cm³/mol. The summed E-state index contributed by atoms with van der Waals surface area (Å²) in [7, 11) is 1.73. The van der Waals surface area contributed by atoms with Gasteiger partial charge in [0, 0.05) is 6.04 Å². The highest BCUT2D eigenvalue weighted by atomic mass is 16.5. The van der Waals surface area contributed by atoms with Crippen molar-refractivity contribution in [1.29, 1.82) is 0 Å². The molecule has 1 aliphatic rings. The zero-order chi connectivity index (χ0) is 10.8. The fourth-order valence-corrected chi connectivity index (χ4v) is 2.20. The summed E-state index contributed by atoms with van der Waals surface area (Å²) in [6.07, 6.45) is 3.50. The van der Waals surface area contributed by atoms with E-state index in [1.165, 1.54) is 24.0 Å². The predicted octanol–water partition coefficient (Wildman–Crippen LogP) is 2.28. The zero-order valence-corrected chi connectivity index (χ0v) is 9.49. The van der Waals surface area contributed by atoms with Gasteiger partial charge in [0.25, 0.3) is 0 Å². The lowest BCUT2D eigenvalue weighted by atomic mass is 9.76. The zero-order valence-electron chi connectivity index (χ0n) is 9.49. The Bertz CT molecular complexity index is 348. The molecule has 0 heterocycles. The van der Waals surface area contributed by atoms with Crippen LogP contribution in [0.5, 0.6) is 5.75 Å². The molecule has 2 rings (SSSR count). The van der Waals surface area contributed by atoms with Crippen molar-refractivity contribution in [2.75, 3.05) is 7.11 Å². The number of hydrogen-bond donors (Lipinski definition) is 1. The van der Waals surface area contributed by atoms with E-state index in [4.69, 9.17) is 10.5 Å². The normalized spacial score (nSPS) is 24.7. The Morgan fingerprint density at radius 3 is 2.73 bits per heavy atom. The fourth-order valence-electron chi connectivity index (χ4n) is 2.20. The van der Waals surface area contributed by atoms with Crippen LogP contribution in [0.15, 0.2) is 18.2 Å². The standard InChI is InChI=1S/C13H19NO/c1-9-3-6-13(15-2)11(7-9)8-10-4-5-12(10)14/h3,6-7,10,12H,4-5,8,14H2,1-2H3. The summed E-state index contributed by atoms with van der Waals surface area (Å²) in [5.41, 5.74) is 8.55. The highest BCUT2D eigenvalue weighted by Gasteiger charge is 2.28. The van der Waals surface area contributed by atoms with Crippen LogP contribution < -0.4 is 10.5 Å². The lowest BCUT2D eigenvalue weighted by molar-refractivity contribution is 0.253. The summed E-state index contributed by atoms with van der Waals surface area (Å²) in [6, 6.07) is 6.75. The number of ether oxygens (including phenoxy) is 1. The Kier molecular flexibility index (Phi) is 2.96. The molecule has 1 aromatic rings. The maximum absolute atomic E-state index is 5.96. The van der Waals surface area contributed by atoms with E-state index in [1.807, 2.05) is 0 Å². The molecule has 0 bridgehead atoms. The summed E-state index contributed by atoms with van der Waals surface area (Å²) in [6.45, 7) is 2.11. The molecule has 1 fully saturated rings. The summed E-state index contributed by atoms with van der Waals surface area (Å²) < 4.78 is 5.36. The van der Waals surface area contributed by atoms with Crippen molar-refractivity contribution in [3.8, 4) is 5.75 Å². The highest BCUT2D eigenvalue weighted by molar-refractivity contribution is 5.37. The Hall–Kier alpha value is -1.02. The molecule has 1 aliphatic carbocycles. The third kappa shape index (κ3) is 2.15. The number of nitrogens with two attached hydrogens (primary N) is 1. The van der Waals surface area contributed by atoms with E-state index in [-0.39, 0.29) is 0 Å². The molecule has 0 spiro atoms. The first kappa shape index (κ1) is 10.5. The maximum Gasteiger partial charge on any atom is 0.122 e. The molecular formula is C13H19NO. The first-order valence-electron chi connectivity index (χ1n) is 5.60. The largest absolute Gasteiger partial charge is 0.496 e. The number of hydrogen-bond acceptors (Lipinski definition) is 2. The quantitative estimate of drug-likeness (QED) is 0.821. The van der Waals surface area contributed by atoms with Gasteiger partial charge in [-0.3, -0.25) is 0 Å². The van der Waals surface area contributed by atoms with Crippen molar-refractivity contribution >= 4 is 0 Å². The van der Waals surface area contributed by atoms with Gasteiger partial charge in [-0.1, -0.05) is 17.7 Å². The molecule has 1 saturated carbocycles. The molecule has 2 unspecified atom stereocenters. The van der Waals surface area contributed by atoms with Crippen molar-refractivity contribution in [3.05, 3.63) is 29.3 Å². The van der Waals surface area contributed by atoms with Crippen LogP contribution in [0.1, 0.15) is 24.0 Å². The number of rotatable bonds is 3. The van der Waals surface area contributed by atoms with Crippen molar-refractivity contribution in [3.63, 3.8) is 0 Å². The van der Waals surface area contributed by atoms with Crippen LogP contribution in [-0.2, 0) is 6.42 Å². The molecule has 15 heavy (non-hydrogen) atoms. The van der Waals surface area contributed by atoms with E-state index < -0.39 is 0 Å². The van der Waals surface area contributed by atoms with Crippen LogP contribution in [0.25, 0.3) is 0 Å². The number of benzene rings is 1. The topological polar surface area (TPSA) is 35.2 Å². The van der Waals surface area contributed by atoms with E-state index >= 15 is 0 Å². The van der Waals surface area contributed by atoms with Gasteiger partial charge in [0.1, 0.15) is 5.75 Å². The summed E-state index contributed by atoms with van der Waals surface area (Å²) in [5.74, 6) is 1.65. The van der Waals surface area contributed by atoms with Gasteiger partial charge in [-0.15, -0.1) is 0 Å². The smallest absolute Gasteiger partial charge is 0.122 e. The molecule has 2 nitrogen and oxygen atoms in total. The minimum Gasteiger partial charge on any atom is -0.496 e. The van der Waals surface area contributed by atoms with Crippen LogP contribution in [0.2, 0.25) is 0 Å². The molecular weight excluding hydrogens is 186 g/mol. The molecule has 0 radical (unpaired) electrons. The highest BCUT2D eigenvalue weighted by Crippen LogP contribution is 2.32. The molecule has 0 saturated heterocycles. The first-order valence-corrected chi connectivity index (χ1v) is 5.60. The Morgan fingerprint density at radius 2 is 2.20 bits per heavy atom. The first-order chi connectivity index (χ1) is 7.20. The van der Waals surface area contributed by atoms with E-state index in [1.54, 1.807) is 7.11 Å². The van der Waals surface area contributed by atoms with Gasteiger partial charge in [-0.2, -0.15) is 0 Å². The van der Waals surface area contributed by atoms with Gasteiger partial charge in [-0.25, -0.2) is 0 Å². The minimum atomic E-state index is 0.398. The Labute approximate surface area is 91.4 Å². The van der Waals surface area contributed by atoms with Gasteiger partial charge >= 0.3 is 0 Å². The third-order valence-corrected chi connectivity index (χ3v) is 3.39. The van der Waals surface area contributed by atoms with E-state index in [2.05, 4.69) is 25.1 Å². The molecule has 2 atom stereocenters. The lowest BCUT2D eigenvalue weighted by Crippen LogP contribution is -2.40. The average molecular weight is 205 g/mol. The van der Waals surface area contributed by atoms with Gasteiger partial charge in [0.2, 0.25) is 0 Å². The molecule has 1 aromatic carbocycles. The summed E-state index contributed by atoms with van der Waals surface area (Å²) >= 11 is 0. The van der Waals surface area contributed by atoms with E-state index in [0.717, 1.165) is 12.2 Å². The van der Waals surface area contributed by atoms with Crippen LogP contribution in [0.3, 0.4) is 0 Å². The molecule has 2 heteroatoms. The Balaban J connectivity index is 2.14. The minimum absolute atomic E-state index is 0.398. The lowest BCUT2D eigenvalue weighted by Gasteiger charge is -2.34. The number of methoxy groups -OCH3 is 1. The summed E-state index contributed by atoms with van der Waals surface area (Å²) in [5, 5.41) is 0. The van der Waals surface area contributed by atoms with Crippen molar-refractivity contribution in [2.45, 2.75) is 32.2 Å². The molecule has 2 N–H and O–H groups in total. The van der Waals surface area contributed by atoms with Crippen molar-refractivity contribution < 1.29 is 4.74 Å². The Morgan fingerprint density at radius 1 is 1.40 bits per heavy atom. The van der Waals surface area contributed by atoms with Gasteiger partial charge in [0.15, 0.2) is 0 Å². The number of aryl methyl sites for hydroxylation is 1. The van der Waals surface area contributed by atoms with Gasteiger partial charge in [-0.05, 0) is 43.7 Å². The van der Waals surface area contributed by atoms with Crippen LogP contribution in [-0.4, -0.2) is 13.2 Å².